The van der Waals surface area contributed by atoms with Crippen LogP contribution in [0.5, 0.6) is 0 Å². The van der Waals surface area contributed by atoms with Crippen molar-refractivity contribution >= 4 is 23.2 Å². The van der Waals surface area contributed by atoms with Gasteiger partial charge in [0.15, 0.2) is 0 Å². The standard InChI is InChI=1S/C23H26N4O2S/c1-25(2)22(29)23(10-12-27(16-23)21(28)20-8-11-24-26(20)3)14-17-4-6-18(7-5-17)19-9-13-30-15-19/h4-9,11,13,15H,10,12,14,16H2,1-3H3. The fourth-order valence-corrected chi connectivity index (χ4v) is 4.96. The smallest absolute Gasteiger partial charge is 0.272 e. The van der Waals surface area contributed by atoms with Crippen molar-refractivity contribution in [2.75, 3.05) is 27.2 Å². The lowest BCUT2D eigenvalue weighted by Gasteiger charge is -2.31. The summed E-state index contributed by atoms with van der Waals surface area (Å²) in [6.45, 7) is 0.983. The van der Waals surface area contributed by atoms with Gasteiger partial charge in [-0.15, -0.1) is 0 Å². The Bertz CT molecular complexity index is 1040. The Morgan fingerprint density at radius 2 is 1.90 bits per heavy atom. The van der Waals surface area contributed by atoms with Crippen molar-refractivity contribution in [3.8, 4) is 11.1 Å². The number of carbonyl (C=O) groups excluding carboxylic acids is 2. The third kappa shape index (κ3) is 3.77. The zero-order chi connectivity index (χ0) is 21.3. The molecule has 4 rings (SSSR count). The van der Waals surface area contributed by atoms with Crippen molar-refractivity contribution < 1.29 is 9.59 Å². The molecule has 1 aromatic carbocycles. The Labute approximate surface area is 180 Å². The average Bonchev–Trinajstić information content (AvgIpc) is 3.49. The summed E-state index contributed by atoms with van der Waals surface area (Å²) in [6, 6.07) is 12.2. The summed E-state index contributed by atoms with van der Waals surface area (Å²) >= 11 is 1.68. The van der Waals surface area contributed by atoms with Gasteiger partial charge in [-0.2, -0.15) is 16.4 Å². The monoisotopic (exact) mass is 422 g/mol. The quantitative estimate of drug-likeness (QED) is 0.634. The normalized spacial score (nSPS) is 18.6. The number of hydrogen-bond acceptors (Lipinski definition) is 4. The van der Waals surface area contributed by atoms with E-state index in [1.54, 1.807) is 59.2 Å². The van der Waals surface area contributed by atoms with Crippen molar-refractivity contribution in [3.63, 3.8) is 0 Å². The highest BCUT2D eigenvalue weighted by molar-refractivity contribution is 7.08. The summed E-state index contributed by atoms with van der Waals surface area (Å²) < 4.78 is 1.58. The Balaban J connectivity index is 1.57. The van der Waals surface area contributed by atoms with Crippen LogP contribution >= 0.6 is 11.3 Å². The molecule has 1 aliphatic rings. The molecule has 0 N–H and O–H groups in total. The van der Waals surface area contributed by atoms with Crippen LogP contribution in [0.2, 0.25) is 0 Å². The molecule has 0 bridgehead atoms. The van der Waals surface area contributed by atoms with Gasteiger partial charge >= 0.3 is 0 Å². The fraction of sp³-hybridized carbons (Fsp3) is 0.348. The summed E-state index contributed by atoms with van der Waals surface area (Å²) in [6.07, 6.45) is 2.89. The largest absolute Gasteiger partial charge is 0.348 e. The Hall–Kier alpha value is -2.93. The predicted molar refractivity (Wildman–Crippen MR) is 118 cm³/mol. The van der Waals surface area contributed by atoms with Gasteiger partial charge in [-0.1, -0.05) is 24.3 Å². The van der Waals surface area contributed by atoms with Gasteiger partial charge in [-0.05, 0) is 52.4 Å². The predicted octanol–water partition coefficient (Wildman–Crippen LogP) is 3.31. The van der Waals surface area contributed by atoms with Gasteiger partial charge in [0.1, 0.15) is 5.69 Å². The minimum Gasteiger partial charge on any atom is -0.348 e. The highest BCUT2D eigenvalue weighted by Gasteiger charge is 2.47. The summed E-state index contributed by atoms with van der Waals surface area (Å²) in [5.41, 5.74) is 3.43. The third-order valence-electron chi connectivity index (χ3n) is 5.89. The van der Waals surface area contributed by atoms with Crippen LogP contribution in [0.25, 0.3) is 11.1 Å². The second-order valence-electron chi connectivity index (χ2n) is 8.18. The van der Waals surface area contributed by atoms with Crippen LogP contribution < -0.4 is 0 Å². The summed E-state index contributed by atoms with van der Waals surface area (Å²) in [5, 5.41) is 8.30. The fourth-order valence-electron chi connectivity index (χ4n) is 4.29. The zero-order valence-corrected chi connectivity index (χ0v) is 18.4. The maximum atomic E-state index is 13.2. The number of hydrogen-bond donors (Lipinski definition) is 0. The van der Waals surface area contributed by atoms with Crippen LogP contribution in [-0.4, -0.2) is 58.6 Å². The second-order valence-corrected chi connectivity index (χ2v) is 8.96. The lowest BCUT2D eigenvalue weighted by Crippen LogP contribution is -2.44. The Kier molecular flexibility index (Phi) is 5.47. The molecule has 1 aliphatic heterocycles. The number of thiophene rings is 1. The third-order valence-corrected chi connectivity index (χ3v) is 6.58. The van der Waals surface area contributed by atoms with Gasteiger partial charge in [0.2, 0.25) is 5.91 Å². The van der Waals surface area contributed by atoms with Gasteiger partial charge in [0.05, 0.1) is 5.41 Å². The van der Waals surface area contributed by atoms with Crippen LogP contribution in [0.3, 0.4) is 0 Å². The molecule has 0 saturated carbocycles. The molecule has 1 fully saturated rings. The molecule has 1 saturated heterocycles. The van der Waals surface area contributed by atoms with Crippen LogP contribution in [0.1, 0.15) is 22.5 Å². The van der Waals surface area contributed by atoms with E-state index in [2.05, 4.69) is 46.2 Å². The molecule has 3 aromatic rings. The molecule has 1 unspecified atom stereocenters. The molecule has 0 spiro atoms. The van der Waals surface area contributed by atoms with Gasteiger partial charge < -0.3 is 9.80 Å². The minimum absolute atomic E-state index is 0.0729. The van der Waals surface area contributed by atoms with Gasteiger partial charge in [0, 0.05) is 40.4 Å². The molecule has 2 amide bonds. The number of aryl methyl sites for hydroxylation is 1. The number of amides is 2. The highest BCUT2D eigenvalue weighted by Crippen LogP contribution is 2.37. The van der Waals surface area contributed by atoms with E-state index in [1.807, 2.05) is 0 Å². The SMILES string of the molecule is CN(C)C(=O)C1(Cc2ccc(-c3ccsc3)cc2)CCN(C(=O)c2ccnn2C)C1. The molecule has 7 heteroatoms. The van der Waals surface area contributed by atoms with Gasteiger partial charge in [-0.3, -0.25) is 14.3 Å². The van der Waals surface area contributed by atoms with Crippen molar-refractivity contribution in [1.82, 2.24) is 19.6 Å². The lowest BCUT2D eigenvalue weighted by atomic mass is 9.79. The number of likely N-dealkylation sites (tertiary alicyclic amines) is 1. The first-order chi connectivity index (χ1) is 14.4. The van der Waals surface area contributed by atoms with E-state index in [4.69, 9.17) is 0 Å². The summed E-state index contributed by atoms with van der Waals surface area (Å²) in [5.74, 6) is 0.000883. The maximum Gasteiger partial charge on any atom is 0.272 e. The van der Waals surface area contributed by atoms with Crippen LogP contribution in [0, 0.1) is 5.41 Å². The van der Waals surface area contributed by atoms with E-state index in [-0.39, 0.29) is 11.8 Å². The van der Waals surface area contributed by atoms with Crippen LogP contribution in [-0.2, 0) is 18.3 Å². The zero-order valence-electron chi connectivity index (χ0n) is 17.5. The first kappa shape index (κ1) is 20.3. The van der Waals surface area contributed by atoms with Crippen molar-refractivity contribution in [3.05, 3.63) is 64.6 Å². The molecule has 0 radical (unpaired) electrons. The van der Waals surface area contributed by atoms with E-state index < -0.39 is 5.41 Å². The number of aromatic nitrogens is 2. The molecular formula is C23H26N4O2S. The average molecular weight is 423 g/mol. The van der Waals surface area contributed by atoms with Crippen LogP contribution in [0.4, 0.5) is 0 Å². The van der Waals surface area contributed by atoms with Crippen molar-refractivity contribution in [1.29, 1.82) is 0 Å². The van der Waals surface area contributed by atoms with E-state index in [9.17, 15) is 9.59 Å². The highest BCUT2D eigenvalue weighted by atomic mass is 32.1. The van der Waals surface area contributed by atoms with Crippen molar-refractivity contribution in [2.45, 2.75) is 12.8 Å². The molecule has 30 heavy (non-hydrogen) atoms. The summed E-state index contributed by atoms with van der Waals surface area (Å²) in [4.78, 5) is 29.6. The Morgan fingerprint density at radius 3 is 2.50 bits per heavy atom. The number of benzene rings is 1. The first-order valence-electron chi connectivity index (χ1n) is 10.0. The minimum atomic E-state index is -0.609. The molecular weight excluding hydrogens is 396 g/mol. The molecule has 1 atom stereocenters. The summed E-state index contributed by atoms with van der Waals surface area (Å²) in [7, 11) is 5.33. The van der Waals surface area contributed by atoms with E-state index in [1.165, 1.54) is 11.1 Å². The lowest BCUT2D eigenvalue weighted by molar-refractivity contribution is -0.138. The van der Waals surface area contributed by atoms with E-state index in [0.717, 1.165) is 5.56 Å². The molecule has 6 nitrogen and oxygen atoms in total. The Morgan fingerprint density at radius 1 is 1.13 bits per heavy atom. The number of carbonyl (C=O) groups is 2. The van der Waals surface area contributed by atoms with Gasteiger partial charge in [0.25, 0.3) is 5.91 Å². The molecule has 2 aromatic heterocycles. The number of nitrogens with zero attached hydrogens (tertiary/aromatic N) is 4. The van der Waals surface area contributed by atoms with Gasteiger partial charge in [-0.25, -0.2) is 0 Å². The second kappa shape index (κ2) is 8.07. The molecule has 0 aliphatic carbocycles. The van der Waals surface area contributed by atoms with E-state index >= 15 is 0 Å². The first-order valence-corrected chi connectivity index (χ1v) is 10.9. The maximum absolute atomic E-state index is 13.2. The van der Waals surface area contributed by atoms with E-state index in [0.29, 0.717) is 31.6 Å². The molecule has 156 valence electrons. The van der Waals surface area contributed by atoms with Crippen LogP contribution in [0.15, 0.2) is 53.4 Å². The molecule has 3 heterocycles. The topological polar surface area (TPSA) is 58.4 Å². The number of rotatable bonds is 5. The van der Waals surface area contributed by atoms with Crippen molar-refractivity contribution in [2.24, 2.45) is 12.5 Å².